The predicted octanol–water partition coefficient (Wildman–Crippen LogP) is 7.79. The first-order valence-electron chi connectivity index (χ1n) is 13.1. The fraction of sp³-hybridized carbons (Fsp3) is 0.312. The summed E-state index contributed by atoms with van der Waals surface area (Å²) in [5, 5.41) is 0. The van der Waals surface area contributed by atoms with Gasteiger partial charge in [0, 0.05) is 11.1 Å². The van der Waals surface area contributed by atoms with E-state index in [-0.39, 0.29) is 0 Å². The molecule has 0 amide bonds. The van der Waals surface area contributed by atoms with E-state index < -0.39 is 0 Å². The topological polar surface area (TPSA) is 49.4 Å². The van der Waals surface area contributed by atoms with Crippen molar-refractivity contribution in [3.8, 4) is 0 Å². The van der Waals surface area contributed by atoms with Crippen molar-refractivity contribution in [3.63, 3.8) is 0 Å². The molecule has 180 valence electrons. The summed E-state index contributed by atoms with van der Waals surface area (Å²) in [6, 6.07) is 0. The molecule has 6 aliphatic rings. The molecule has 0 radical (unpaired) electrons. The smallest absolute Gasteiger partial charge is 0.0806 e. The standard InChI is InChI=1S/C32H32N4/c1-8-20-16(4)25-13-27-18(6)22(10-3)31(35-27)24-12-11-23-19(7)28(36-32(23)24)15-30-21(9-2)17(5)26(34-30)14-29(20)33-25/h11-15H,8-10H2,1-7H3. The van der Waals surface area contributed by atoms with Gasteiger partial charge in [0.05, 0.1) is 45.6 Å². The van der Waals surface area contributed by atoms with E-state index in [0.717, 1.165) is 70.5 Å². The number of rotatable bonds is 3. The number of nitrogens with zero attached hydrogens (tertiary/aromatic N) is 4. The first-order valence-corrected chi connectivity index (χ1v) is 13.1. The molecule has 0 aromatic carbocycles. The van der Waals surface area contributed by atoms with Gasteiger partial charge in [0.1, 0.15) is 0 Å². The monoisotopic (exact) mass is 472 g/mol. The van der Waals surface area contributed by atoms with E-state index in [9.17, 15) is 0 Å². The third kappa shape index (κ3) is 3.13. The SMILES string of the molecule is CCC1=C(C)C2=CC3=NC(=CC4=NC(=C5C=CC6=C(C)C(=CC1=N2)N=C65)C(CC)=C4C)C(C)=C3CC. The van der Waals surface area contributed by atoms with Crippen molar-refractivity contribution in [1.29, 1.82) is 0 Å². The lowest BCUT2D eigenvalue weighted by atomic mass is 9.97. The van der Waals surface area contributed by atoms with Crippen LogP contribution in [0.25, 0.3) is 0 Å². The lowest BCUT2D eigenvalue weighted by molar-refractivity contribution is 1.09. The van der Waals surface area contributed by atoms with E-state index in [1.807, 2.05) is 0 Å². The van der Waals surface area contributed by atoms with Gasteiger partial charge in [-0.05, 0) is 110 Å². The van der Waals surface area contributed by atoms with Crippen LogP contribution >= 0.6 is 0 Å². The Morgan fingerprint density at radius 1 is 0.500 bits per heavy atom. The van der Waals surface area contributed by atoms with Crippen molar-refractivity contribution in [3.05, 3.63) is 103 Å². The predicted molar refractivity (Wildman–Crippen MR) is 152 cm³/mol. The van der Waals surface area contributed by atoms with Crippen LogP contribution in [0.1, 0.15) is 67.7 Å². The molecule has 4 heteroatoms. The lowest BCUT2D eigenvalue weighted by Crippen LogP contribution is -1.99. The molecule has 0 aromatic rings. The van der Waals surface area contributed by atoms with Crippen LogP contribution in [-0.2, 0) is 0 Å². The minimum Gasteiger partial charge on any atom is -0.248 e. The van der Waals surface area contributed by atoms with Crippen molar-refractivity contribution >= 4 is 22.8 Å². The number of hydrogen-bond acceptors (Lipinski definition) is 4. The number of fused-ring (bicyclic) bond motifs is 4. The molecular formula is C32H32N4. The van der Waals surface area contributed by atoms with Gasteiger partial charge in [-0.3, -0.25) is 0 Å². The molecule has 4 nitrogen and oxygen atoms in total. The zero-order chi connectivity index (χ0) is 25.3. The van der Waals surface area contributed by atoms with Crippen molar-refractivity contribution in [2.45, 2.75) is 67.7 Å². The molecule has 5 heterocycles. The maximum absolute atomic E-state index is 5.19. The summed E-state index contributed by atoms with van der Waals surface area (Å²) in [5.41, 5.74) is 19.2. The average Bonchev–Trinajstić information content (AvgIpc) is 3.62. The fourth-order valence-corrected chi connectivity index (χ4v) is 6.02. The molecule has 0 atom stereocenters. The molecule has 0 fully saturated rings. The maximum Gasteiger partial charge on any atom is 0.0806 e. The van der Waals surface area contributed by atoms with Crippen LogP contribution in [0, 0.1) is 0 Å². The van der Waals surface area contributed by atoms with Crippen LogP contribution in [0.3, 0.4) is 0 Å². The van der Waals surface area contributed by atoms with Gasteiger partial charge in [-0.15, -0.1) is 0 Å². The molecule has 6 rings (SSSR count). The van der Waals surface area contributed by atoms with E-state index in [1.54, 1.807) is 0 Å². The summed E-state index contributed by atoms with van der Waals surface area (Å²) < 4.78 is 0. The minimum atomic E-state index is 0.930. The highest BCUT2D eigenvalue weighted by Gasteiger charge is 2.32. The lowest BCUT2D eigenvalue weighted by Gasteiger charge is -2.06. The van der Waals surface area contributed by atoms with Gasteiger partial charge in [0.25, 0.3) is 0 Å². The molecule has 0 saturated heterocycles. The van der Waals surface area contributed by atoms with Crippen LogP contribution in [0.15, 0.2) is 123 Å². The summed E-state index contributed by atoms with van der Waals surface area (Å²) in [6.45, 7) is 15.3. The summed E-state index contributed by atoms with van der Waals surface area (Å²) in [4.78, 5) is 20.5. The van der Waals surface area contributed by atoms with Gasteiger partial charge in [-0.25, -0.2) is 20.0 Å². The molecule has 0 N–H and O–H groups in total. The second kappa shape index (κ2) is 8.19. The fourth-order valence-electron chi connectivity index (χ4n) is 6.02. The van der Waals surface area contributed by atoms with E-state index in [2.05, 4.69) is 78.8 Å². The van der Waals surface area contributed by atoms with E-state index >= 15 is 0 Å². The van der Waals surface area contributed by atoms with Gasteiger partial charge in [0.2, 0.25) is 0 Å². The Bertz CT molecular complexity index is 1570. The van der Waals surface area contributed by atoms with Crippen molar-refractivity contribution in [2.75, 3.05) is 0 Å². The molecule has 1 aliphatic carbocycles. The van der Waals surface area contributed by atoms with Crippen LogP contribution < -0.4 is 0 Å². The Morgan fingerprint density at radius 3 is 1.56 bits per heavy atom. The Labute approximate surface area is 213 Å². The Morgan fingerprint density at radius 2 is 1.00 bits per heavy atom. The molecule has 0 aromatic heterocycles. The van der Waals surface area contributed by atoms with Crippen LogP contribution in [0.4, 0.5) is 0 Å². The van der Waals surface area contributed by atoms with Crippen LogP contribution in [-0.4, -0.2) is 22.8 Å². The summed E-state index contributed by atoms with van der Waals surface area (Å²) in [7, 11) is 0. The second-order valence-electron chi connectivity index (χ2n) is 10.0. The van der Waals surface area contributed by atoms with Crippen molar-refractivity contribution < 1.29 is 0 Å². The summed E-state index contributed by atoms with van der Waals surface area (Å²) in [5.74, 6) is 0. The zero-order valence-electron chi connectivity index (χ0n) is 22.3. The average molecular weight is 473 g/mol. The van der Waals surface area contributed by atoms with E-state index in [1.165, 1.54) is 44.6 Å². The van der Waals surface area contributed by atoms with Crippen LogP contribution in [0.5, 0.6) is 0 Å². The molecular weight excluding hydrogens is 440 g/mol. The largest absolute Gasteiger partial charge is 0.248 e. The maximum atomic E-state index is 5.19. The number of allylic oxidation sites excluding steroid dienone is 14. The number of aliphatic imine (C=N–C) groups is 4. The molecule has 5 aliphatic heterocycles. The van der Waals surface area contributed by atoms with Gasteiger partial charge in [-0.2, -0.15) is 0 Å². The Balaban J connectivity index is 1.67. The highest BCUT2D eigenvalue weighted by molar-refractivity contribution is 6.25. The van der Waals surface area contributed by atoms with Gasteiger partial charge < -0.3 is 0 Å². The second-order valence-corrected chi connectivity index (χ2v) is 10.0. The third-order valence-corrected chi connectivity index (χ3v) is 8.21. The molecule has 0 saturated carbocycles. The van der Waals surface area contributed by atoms with Gasteiger partial charge >= 0.3 is 0 Å². The van der Waals surface area contributed by atoms with Crippen LogP contribution in [0.2, 0.25) is 0 Å². The quantitative estimate of drug-likeness (QED) is 0.402. The van der Waals surface area contributed by atoms with Gasteiger partial charge in [0.15, 0.2) is 0 Å². The van der Waals surface area contributed by atoms with E-state index in [0.29, 0.717) is 0 Å². The molecule has 8 bridgehead atoms. The van der Waals surface area contributed by atoms with Crippen molar-refractivity contribution in [2.24, 2.45) is 20.0 Å². The van der Waals surface area contributed by atoms with Crippen molar-refractivity contribution in [1.82, 2.24) is 0 Å². The first kappa shape index (κ1) is 22.8. The minimum absolute atomic E-state index is 0.930. The Kier molecular flexibility index (Phi) is 5.18. The normalized spacial score (nSPS) is 22.6. The zero-order valence-corrected chi connectivity index (χ0v) is 22.3. The van der Waals surface area contributed by atoms with Gasteiger partial charge in [-0.1, -0.05) is 26.8 Å². The number of hydrogen-bond donors (Lipinski definition) is 0. The highest BCUT2D eigenvalue weighted by atomic mass is 14.9. The molecule has 0 unspecified atom stereocenters. The molecule has 36 heavy (non-hydrogen) atoms. The van der Waals surface area contributed by atoms with E-state index in [4.69, 9.17) is 20.0 Å². The highest BCUT2D eigenvalue weighted by Crippen LogP contribution is 2.41. The molecule has 0 spiro atoms. The first-order chi connectivity index (χ1) is 17.4. The Hall–Kier alpha value is -3.66. The third-order valence-electron chi connectivity index (χ3n) is 8.21. The summed E-state index contributed by atoms with van der Waals surface area (Å²) in [6.07, 6.45) is 13.7. The summed E-state index contributed by atoms with van der Waals surface area (Å²) >= 11 is 0.